The van der Waals surface area contributed by atoms with Crippen molar-refractivity contribution in [3.05, 3.63) is 30.2 Å². The van der Waals surface area contributed by atoms with Gasteiger partial charge in [-0.1, -0.05) is 6.92 Å². The van der Waals surface area contributed by atoms with Crippen LogP contribution in [0.2, 0.25) is 0 Å². The van der Waals surface area contributed by atoms with Crippen molar-refractivity contribution in [1.82, 2.24) is 15.5 Å². The van der Waals surface area contributed by atoms with E-state index in [1.54, 1.807) is 7.11 Å². The third kappa shape index (κ3) is 3.32. The van der Waals surface area contributed by atoms with E-state index in [1.165, 1.54) is 0 Å². The lowest BCUT2D eigenvalue weighted by Crippen LogP contribution is -2.19. The van der Waals surface area contributed by atoms with Crippen LogP contribution in [-0.4, -0.2) is 23.9 Å². The third-order valence-electron chi connectivity index (χ3n) is 2.85. The molecule has 0 aliphatic carbocycles. The van der Waals surface area contributed by atoms with Crippen molar-refractivity contribution < 1.29 is 9.15 Å². The Bertz CT molecular complexity index is 508. The normalized spacial score (nSPS) is 12.4. The van der Waals surface area contributed by atoms with Crippen LogP contribution in [0.15, 0.2) is 28.7 Å². The van der Waals surface area contributed by atoms with Gasteiger partial charge < -0.3 is 14.5 Å². The van der Waals surface area contributed by atoms with Crippen LogP contribution in [0.4, 0.5) is 0 Å². The quantitative estimate of drug-likeness (QED) is 0.866. The summed E-state index contributed by atoms with van der Waals surface area (Å²) in [6.07, 6.45) is 1.07. The fourth-order valence-electron chi connectivity index (χ4n) is 1.71. The van der Waals surface area contributed by atoms with E-state index < -0.39 is 0 Å². The summed E-state index contributed by atoms with van der Waals surface area (Å²) in [5.41, 5.74) is 0.891. The number of benzene rings is 1. The second-order valence-corrected chi connectivity index (χ2v) is 4.35. The molecular weight excluding hydrogens is 242 g/mol. The summed E-state index contributed by atoms with van der Waals surface area (Å²) < 4.78 is 10.8. The highest BCUT2D eigenvalue weighted by molar-refractivity contribution is 5.53. The molecule has 1 atom stereocenters. The molecule has 0 radical (unpaired) electrons. The Morgan fingerprint density at radius 3 is 2.63 bits per heavy atom. The monoisotopic (exact) mass is 261 g/mol. The molecule has 1 aromatic carbocycles. The number of hydrogen-bond acceptors (Lipinski definition) is 5. The van der Waals surface area contributed by atoms with Crippen LogP contribution in [0, 0.1) is 0 Å². The first-order chi connectivity index (χ1) is 9.24. The minimum atomic E-state index is 0.0689. The Hall–Kier alpha value is -1.88. The Labute approximate surface area is 113 Å². The van der Waals surface area contributed by atoms with Gasteiger partial charge in [0, 0.05) is 5.56 Å². The van der Waals surface area contributed by atoms with Crippen LogP contribution < -0.4 is 10.1 Å². The van der Waals surface area contributed by atoms with Crippen LogP contribution in [0.3, 0.4) is 0 Å². The average molecular weight is 261 g/mol. The minimum Gasteiger partial charge on any atom is -0.497 e. The summed E-state index contributed by atoms with van der Waals surface area (Å²) in [5.74, 6) is 1.95. The number of methoxy groups -OCH3 is 1. The number of rotatable bonds is 6. The van der Waals surface area contributed by atoms with Crippen molar-refractivity contribution in [2.45, 2.75) is 26.3 Å². The van der Waals surface area contributed by atoms with Crippen molar-refractivity contribution in [2.75, 3.05) is 13.7 Å². The number of hydrogen-bond donors (Lipinski definition) is 1. The zero-order chi connectivity index (χ0) is 13.7. The third-order valence-corrected chi connectivity index (χ3v) is 2.85. The summed E-state index contributed by atoms with van der Waals surface area (Å²) in [6.45, 7) is 5.07. The molecule has 2 rings (SSSR count). The second-order valence-electron chi connectivity index (χ2n) is 4.35. The van der Waals surface area contributed by atoms with Gasteiger partial charge >= 0.3 is 0 Å². The summed E-state index contributed by atoms with van der Waals surface area (Å²) >= 11 is 0. The van der Waals surface area contributed by atoms with Crippen molar-refractivity contribution in [3.63, 3.8) is 0 Å². The van der Waals surface area contributed by atoms with Gasteiger partial charge in [0.2, 0.25) is 11.8 Å². The maximum atomic E-state index is 5.68. The lowest BCUT2D eigenvalue weighted by atomic mass is 10.2. The first kappa shape index (κ1) is 13.5. The van der Waals surface area contributed by atoms with E-state index in [1.807, 2.05) is 31.2 Å². The fraction of sp³-hybridized carbons (Fsp3) is 0.429. The van der Waals surface area contributed by atoms with E-state index in [2.05, 4.69) is 22.4 Å². The Balaban J connectivity index is 2.11. The van der Waals surface area contributed by atoms with Crippen LogP contribution in [-0.2, 0) is 0 Å². The summed E-state index contributed by atoms with van der Waals surface area (Å²) in [4.78, 5) is 0. The van der Waals surface area contributed by atoms with Gasteiger partial charge in [-0.25, -0.2) is 0 Å². The summed E-state index contributed by atoms with van der Waals surface area (Å²) in [7, 11) is 1.64. The molecule has 0 spiro atoms. The van der Waals surface area contributed by atoms with Gasteiger partial charge in [0.15, 0.2) is 0 Å². The van der Waals surface area contributed by atoms with Crippen LogP contribution >= 0.6 is 0 Å². The van der Waals surface area contributed by atoms with Gasteiger partial charge in [0.05, 0.1) is 13.2 Å². The number of ether oxygens (including phenoxy) is 1. The maximum absolute atomic E-state index is 5.68. The molecule has 5 nitrogen and oxygen atoms in total. The SMILES string of the molecule is CCCNC(C)c1nnc(-c2ccc(OC)cc2)o1. The molecule has 1 heterocycles. The molecule has 5 heteroatoms. The molecule has 0 aliphatic heterocycles. The van der Waals surface area contributed by atoms with Gasteiger partial charge in [-0.15, -0.1) is 10.2 Å². The molecule has 19 heavy (non-hydrogen) atoms. The molecule has 0 fully saturated rings. The second kappa shape index (κ2) is 6.33. The molecule has 1 unspecified atom stereocenters. The van der Waals surface area contributed by atoms with Gasteiger partial charge in [-0.2, -0.15) is 0 Å². The lowest BCUT2D eigenvalue weighted by molar-refractivity contribution is 0.414. The average Bonchev–Trinajstić information content (AvgIpc) is 2.94. The maximum Gasteiger partial charge on any atom is 0.247 e. The van der Waals surface area contributed by atoms with E-state index in [0.717, 1.165) is 24.3 Å². The first-order valence-electron chi connectivity index (χ1n) is 6.45. The molecule has 0 aliphatic rings. The van der Waals surface area contributed by atoms with Gasteiger partial charge in [0.25, 0.3) is 0 Å². The Morgan fingerprint density at radius 2 is 2.00 bits per heavy atom. The predicted molar refractivity (Wildman–Crippen MR) is 73.0 cm³/mol. The Kier molecular flexibility index (Phi) is 4.52. The van der Waals surface area contributed by atoms with Gasteiger partial charge in [0.1, 0.15) is 5.75 Å². The number of nitrogens with one attached hydrogen (secondary N) is 1. The van der Waals surface area contributed by atoms with Crippen molar-refractivity contribution in [1.29, 1.82) is 0 Å². The summed E-state index contributed by atoms with van der Waals surface area (Å²) in [5, 5.41) is 11.5. The minimum absolute atomic E-state index is 0.0689. The smallest absolute Gasteiger partial charge is 0.247 e. The molecule has 0 saturated carbocycles. The van der Waals surface area contributed by atoms with Crippen LogP contribution in [0.25, 0.3) is 11.5 Å². The molecule has 0 bridgehead atoms. The standard InChI is InChI=1S/C14H19N3O2/c1-4-9-15-10(2)13-16-17-14(19-13)11-5-7-12(18-3)8-6-11/h5-8,10,15H,4,9H2,1-3H3. The number of nitrogens with zero attached hydrogens (tertiary/aromatic N) is 2. The molecule has 102 valence electrons. The van der Waals surface area contributed by atoms with Crippen molar-refractivity contribution in [2.24, 2.45) is 0 Å². The van der Waals surface area contributed by atoms with E-state index in [0.29, 0.717) is 11.8 Å². The molecule has 2 aromatic rings. The molecule has 1 N–H and O–H groups in total. The summed E-state index contributed by atoms with van der Waals surface area (Å²) in [6, 6.07) is 7.62. The molecule has 0 saturated heterocycles. The van der Waals surface area contributed by atoms with Gasteiger partial charge in [-0.05, 0) is 44.2 Å². The Morgan fingerprint density at radius 1 is 1.26 bits per heavy atom. The zero-order valence-electron chi connectivity index (χ0n) is 11.5. The van der Waals surface area contributed by atoms with Crippen molar-refractivity contribution >= 4 is 0 Å². The molecule has 1 aromatic heterocycles. The van der Waals surface area contributed by atoms with E-state index >= 15 is 0 Å². The topological polar surface area (TPSA) is 60.2 Å². The largest absolute Gasteiger partial charge is 0.497 e. The first-order valence-corrected chi connectivity index (χ1v) is 6.45. The highest BCUT2D eigenvalue weighted by atomic mass is 16.5. The van der Waals surface area contributed by atoms with Crippen molar-refractivity contribution in [3.8, 4) is 17.2 Å². The molecular formula is C14H19N3O2. The van der Waals surface area contributed by atoms with Crippen LogP contribution in [0.1, 0.15) is 32.2 Å². The van der Waals surface area contributed by atoms with E-state index in [4.69, 9.17) is 9.15 Å². The highest BCUT2D eigenvalue weighted by Gasteiger charge is 2.14. The van der Waals surface area contributed by atoms with E-state index in [-0.39, 0.29) is 6.04 Å². The lowest BCUT2D eigenvalue weighted by Gasteiger charge is -2.07. The van der Waals surface area contributed by atoms with E-state index in [9.17, 15) is 0 Å². The fourth-order valence-corrected chi connectivity index (χ4v) is 1.71. The molecule has 0 amide bonds. The zero-order valence-corrected chi connectivity index (χ0v) is 11.5. The highest BCUT2D eigenvalue weighted by Crippen LogP contribution is 2.22. The number of aromatic nitrogens is 2. The predicted octanol–water partition coefficient (Wildman–Crippen LogP) is 2.81. The van der Waals surface area contributed by atoms with Crippen LogP contribution in [0.5, 0.6) is 5.75 Å². The van der Waals surface area contributed by atoms with Gasteiger partial charge in [-0.3, -0.25) is 0 Å².